The zero-order chi connectivity index (χ0) is 9.71. The van der Waals surface area contributed by atoms with Gasteiger partial charge in [-0.3, -0.25) is 19.5 Å². The predicted molar refractivity (Wildman–Crippen MR) is 47.8 cm³/mol. The lowest BCUT2D eigenvalue weighted by atomic mass is 10.2. The number of carbonyl (C=O) groups is 2. The van der Waals surface area contributed by atoms with Crippen molar-refractivity contribution in [3.8, 4) is 0 Å². The molecule has 0 aromatic carbocycles. The number of amides is 2. The van der Waals surface area contributed by atoms with Crippen LogP contribution >= 0.6 is 0 Å². The molecule has 70 valence electrons. The first-order chi connectivity index (χ1) is 6.79. The molecule has 2 heterocycles. The highest BCUT2D eigenvalue weighted by Gasteiger charge is 2.44. The molecule has 1 aromatic rings. The van der Waals surface area contributed by atoms with Gasteiger partial charge < -0.3 is 0 Å². The fraction of sp³-hybridized carbons (Fsp3) is 0.300. The quantitative estimate of drug-likeness (QED) is 0.613. The first-order valence-electron chi connectivity index (χ1n) is 4.62. The molecule has 0 atom stereocenters. The minimum Gasteiger partial charge on any atom is -0.270 e. The Kier molecular flexibility index (Phi) is 1.32. The molecule has 0 saturated heterocycles. The summed E-state index contributed by atoms with van der Waals surface area (Å²) in [6.07, 6.45) is 3.41. The van der Waals surface area contributed by atoms with E-state index >= 15 is 0 Å². The van der Waals surface area contributed by atoms with Crippen LogP contribution in [-0.4, -0.2) is 27.7 Å². The second kappa shape index (κ2) is 2.41. The van der Waals surface area contributed by atoms with E-state index in [1.165, 1.54) is 4.90 Å². The summed E-state index contributed by atoms with van der Waals surface area (Å²) >= 11 is 0. The summed E-state index contributed by atoms with van der Waals surface area (Å²) in [5, 5.41) is 0. The molecule has 0 unspecified atom stereocenters. The Morgan fingerprint density at radius 2 is 2.07 bits per heavy atom. The third-order valence-corrected chi connectivity index (χ3v) is 2.59. The van der Waals surface area contributed by atoms with E-state index < -0.39 is 0 Å². The number of hydrogen-bond donors (Lipinski definition) is 0. The lowest BCUT2D eigenvalue weighted by Gasteiger charge is -2.10. The van der Waals surface area contributed by atoms with Gasteiger partial charge in [0, 0.05) is 12.2 Å². The predicted octanol–water partition coefficient (Wildman–Crippen LogP) is 0.840. The van der Waals surface area contributed by atoms with Gasteiger partial charge in [-0.15, -0.1) is 0 Å². The second-order valence-electron chi connectivity index (χ2n) is 3.61. The summed E-state index contributed by atoms with van der Waals surface area (Å²) in [6, 6.07) is 3.47. The Bertz CT molecular complexity index is 403. The maximum Gasteiger partial charge on any atom is 0.280 e. The zero-order valence-corrected chi connectivity index (χ0v) is 7.43. The molecule has 2 aliphatic rings. The van der Waals surface area contributed by atoms with Crippen molar-refractivity contribution in [1.82, 2.24) is 9.88 Å². The molecule has 0 spiro atoms. The van der Waals surface area contributed by atoms with Crippen LogP contribution in [0, 0.1) is 0 Å². The molecule has 1 fully saturated rings. The van der Waals surface area contributed by atoms with E-state index in [2.05, 4.69) is 4.98 Å². The van der Waals surface area contributed by atoms with Crippen molar-refractivity contribution in [3.63, 3.8) is 0 Å². The van der Waals surface area contributed by atoms with Crippen molar-refractivity contribution in [2.75, 3.05) is 0 Å². The number of aromatic nitrogens is 1. The average molecular weight is 188 g/mol. The molecule has 0 N–H and O–H groups in total. The van der Waals surface area contributed by atoms with E-state index in [4.69, 9.17) is 0 Å². The van der Waals surface area contributed by atoms with Crippen molar-refractivity contribution < 1.29 is 9.59 Å². The van der Waals surface area contributed by atoms with Gasteiger partial charge in [-0.2, -0.15) is 0 Å². The molecule has 14 heavy (non-hydrogen) atoms. The van der Waals surface area contributed by atoms with E-state index in [0.717, 1.165) is 12.8 Å². The third kappa shape index (κ3) is 0.852. The van der Waals surface area contributed by atoms with Gasteiger partial charge in [-0.05, 0) is 25.0 Å². The molecule has 1 saturated carbocycles. The van der Waals surface area contributed by atoms with Crippen molar-refractivity contribution in [2.45, 2.75) is 18.9 Å². The topological polar surface area (TPSA) is 50.3 Å². The standard InChI is InChI=1S/C10H8N2O2/c13-9-7-2-1-5-11-8(7)10(14)12(9)6-3-4-6/h1-2,5-6H,3-4H2. The minimum absolute atomic E-state index is 0.129. The van der Waals surface area contributed by atoms with Gasteiger partial charge in [0.05, 0.1) is 5.56 Å². The fourth-order valence-corrected chi connectivity index (χ4v) is 1.75. The highest BCUT2D eigenvalue weighted by molar-refractivity contribution is 6.20. The van der Waals surface area contributed by atoms with Crippen molar-refractivity contribution >= 4 is 11.8 Å². The van der Waals surface area contributed by atoms with Gasteiger partial charge in [0.15, 0.2) is 0 Å². The lowest BCUT2D eigenvalue weighted by Crippen LogP contribution is -2.31. The van der Waals surface area contributed by atoms with Gasteiger partial charge in [-0.25, -0.2) is 0 Å². The molecular formula is C10H8N2O2. The van der Waals surface area contributed by atoms with Gasteiger partial charge in [0.25, 0.3) is 11.8 Å². The molecular weight excluding hydrogens is 180 g/mol. The molecule has 4 nitrogen and oxygen atoms in total. The molecule has 1 aliphatic carbocycles. The highest BCUT2D eigenvalue weighted by atomic mass is 16.2. The first kappa shape index (κ1) is 7.67. The summed E-state index contributed by atoms with van der Waals surface area (Å²) < 4.78 is 0. The fourth-order valence-electron chi connectivity index (χ4n) is 1.75. The smallest absolute Gasteiger partial charge is 0.270 e. The number of nitrogens with zero attached hydrogens (tertiary/aromatic N) is 2. The normalized spacial score (nSPS) is 20.1. The van der Waals surface area contributed by atoms with Gasteiger partial charge in [0.1, 0.15) is 5.69 Å². The van der Waals surface area contributed by atoms with E-state index in [0.29, 0.717) is 11.3 Å². The van der Waals surface area contributed by atoms with Crippen LogP contribution in [0.15, 0.2) is 18.3 Å². The Morgan fingerprint density at radius 1 is 1.29 bits per heavy atom. The number of carbonyl (C=O) groups excluding carboxylic acids is 2. The van der Waals surface area contributed by atoms with Gasteiger partial charge in [0.2, 0.25) is 0 Å². The zero-order valence-electron chi connectivity index (χ0n) is 7.43. The average Bonchev–Trinajstić information content (AvgIpc) is 2.99. The maximum atomic E-state index is 11.8. The highest BCUT2D eigenvalue weighted by Crippen LogP contribution is 2.33. The Hall–Kier alpha value is -1.71. The minimum atomic E-state index is -0.229. The van der Waals surface area contributed by atoms with Crippen LogP contribution in [0.1, 0.15) is 33.7 Å². The summed E-state index contributed by atoms with van der Waals surface area (Å²) in [6.45, 7) is 0. The largest absolute Gasteiger partial charge is 0.280 e. The maximum absolute atomic E-state index is 11.8. The van der Waals surface area contributed by atoms with Crippen molar-refractivity contribution in [3.05, 3.63) is 29.6 Å². The molecule has 3 rings (SSSR count). The first-order valence-corrected chi connectivity index (χ1v) is 4.62. The van der Waals surface area contributed by atoms with Crippen LogP contribution in [0.25, 0.3) is 0 Å². The Morgan fingerprint density at radius 3 is 2.71 bits per heavy atom. The van der Waals surface area contributed by atoms with Gasteiger partial charge >= 0.3 is 0 Å². The SMILES string of the molecule is O=C1c2cccnc2C(=O)N1C1CC1. The van der Waals surface area contributed by atoms with Crippen LogP contribution in [0.4, 0.5) is 0 Å². The van der Waals surface area contributed by atoms with Crippen LogP contribution in [-0.2, 0) is 0 Å². The van der Waals surface area contributed by atoms with Crippen LogP contribution < -0.4 is 0 Å². The van der Waals surface area contributed by atoms with Crippen LogP contribution in [0.5, 0.6) is 0 Å². The molecule has 1 aliphatic heterocycles. The van der Waals surface area contributed by atoms with E-state index in [1.54, 1.807) is 18.3 Å². The molecule has 4 heteroatoms. The lowest BCUT2D eigenvalue weighted by molar-refractivity contribution is 0.0641. The van der Waals surface area contributed by atoms with Crippen LogP contribution in [0.3, 0.4) is 0 Å². The summed E-state index contributed by atoms with van der Waals surface area (Å²) in [5.41, 5.74) is 0.758. The monoisotopic (exact) mass is 188 g/mol. The molecule has 2 amide bonds. The third-order valence-electron chi connectivity index (χ3n) is 2.59. The van der Waals surface area contributed by atoms with Crippen molar-refractivity contribution in [1.29, 1.82) is 0 Å². The van der Waals surface area contributed by atoms with Gasteiger partial charge in [-0.1, -0.05) is 0 Å². The summed E-state index contributed by atoms with van der Waals surface area (Å²) in [4.78, 5) is 28.8. The number of rotatable bonds is 1. The number of pyridine rings is 1. The van der Waals surface area contributed by atoms with Crippen LogP contribution in [0.2, 0.25) is 0 Å². The Labute approximate surface area is 80.5 Å². The van der Waals surface area contributed by atoms with E-state index in [9.17, 15) is 9.59 Å². The van der Waals surface area contributed by atoms with E-state index in [-0.39, 0.29) is 17.9 Å². The number of imide groups is 1. The molecule has 0 radical (unpaired) electrons. The number of fused-ring (bicyclic) bond motifs is 1. The molecule has 1 aromatic heterocycles. The Balaban J connectivity index is 2.12. The van der Waals surface area contributed by atoms with E-state index in [1.807, 2.05) is 0 Å². The number of hydrogen-bond acceptors (Lipinski definition) is 3. The van der Waals surface area contributed by atoms with Crippen molar-refractivity contribution in [2.24, 2.45) is 0 Å². The summed E-state index contributed by atoms with van der Waals surface area (Å²) in [5.74, 6) is -0.409. The second-order valence-corrected chi connectivity index (χ2v) is 3.61. The summed E-state index contributed by atoms with van der Waals surface area (Å²) in [7, 11) is 0. The molecule has 0 bridgehead atoms.